The van der Waals surface area contributed by atoms with Crippen LogP contribution in [0.15, 0.2) is 12.4 Å². The summed E-state index contributed by atoms with van der Waals surface area (Å²) in [7, 11) is -2.99. The van der Waals surface area contributed by atoms with E-state index in [1.54, 1.807) is 19.3 Å². The van der Waals surface area contributed by atoms with Crippen molar-refractivity contribution in [1.82, 2.24) is 9.97 Å². The summed E-state index contributed by atoms with van der Waals surface area (Å²) in [4.78, 5) is 8.35. The van der Waals surface area contributed by atoms with Crippen LogP contribution in [-0.2, 0) is 9.84 Å². The normalized spacial score (nSPS) is 13.1. The monoisotopic (exact) mass is 272 g/mol. The van der Waals surface area contributed by atoms with Crippen molar-refractivity contribution in [3.63, 3.8) is 0 Å². The number of nitrogens with zero attached hydrogens (tertiary/aromatic N) is 2. The predicted octanol–water partition coefficient (Wildman–Crippen LogP) is 1.14. The molecule has 1 unspecified atom stereocenters. The molecular weight excluding hydrogens is 252 g/mol. The molecule has 0 spiro atoms. The SMILES string of the molecule is CCCNc1cncc(NC(C)CS(C)(=O)=O)n1. The van der Waals surface area contributed by atoms with Gasteiger partial charge in [-0.1, -0.05) is 6.92 Å². The molecule has 0 aliphatic carbocycles. The molecule has 0 fully saturated rings. The Balaban J connectivity index is 2.61. The Morgan fingerprint density at radius 3 is 2.61 bits per heavy atom. The van der Waals surface area contributed by atoms with Crippen LogP contribution in [0.25, 0.3) is 0 Å². The van der Waals surface area contributed by atoms with Crippen LogP contribution in [-0.4, -0.2) is 43.0 Å². The number of aromatic nitrogens is 2. The molecule has 6 nitrogen and oxygen atoms in total. The molecule has 102 valence electrons. The Kier molecular flexibility index (Phi) is 5.33. The minimum Gasteiger partial charge on any atom is -0.369 e. The average molecular weight is 272 g/mol. The molecule has 1 atom stereocenters. The average Bonchev–Trinajstić information content (AvgIpc) is 2.24. The van der Waals surface area contributed by atoms with Crippen molar-refractivity contribution in [1.29, 1.82) is 0 Å². The zero-order valence-electron chi connectivity index (χ0n) is 11.0. The van der Waals surface area contributed by atoms with Gasteiger partial charge in [0.1, 0.15) is 21.5 Å². The maximum absolute atomic E-state index is 11.2. The summed E-state index contributed by atoms with van der Waals surface area (Å²) in [5, 5.41) is 6.15. The van der Waals surface area contributed by atoms with Gasteiger partial charge < -0.3 is 10.6 Å². The summed E-state index contributed by atoms with van der Waals surface area (Å²) in [6.45, 7) is 4.70. The molecule has 0 radical (unpaired) electrons. The Labute approximate surface area is 108 Å². The van der Waals surface area contributed by atoms with E-state index in [2.05, 4.69) is 27.5 Å². The van der Waals surface area contributed by atoms with Gasteiger partial charge in [-0.25, -0.2) is 13.4 Å². The summed E-state index contributed by atoms with van der Waals surface area (Å²) < 4.78 is 22.3. The Morgan fingerprint density at radius 1 is 1.33 bits per heavy atom. The number of rotatable bonds is 7. The van der Waals surface area contributed by atoms with E-state index in [9.17, 15) is 8.42 Å². The number of hydrogen-bond acceptors (Lipinski definition) is 6. The molecule has 2 N–H and O–H groups in total. The molecule has 0 amide bonds. The van der Waals surface area contributed by atoms with Crippen molar-refractivity contribution < 1.29 is 8.42 Å². The van der Waals surface area contributed by atoms with E-state index >= 15 is 0 Å². The molecule has 1 heterocycles. The van der Waals surface area contributed by atoms with Crippen LogP contribution in [0.5, 0.6) is 0 Å². The van der Waals surface area contributed by atoms with Crippen LogP contribution >= 0.6 is 0 Å². The molecule has 0 saturated heterocycles. The molecule has 0 aliphatic heterocycles. The molecular formula is C11H20N4O2S. The Bertz CT molecular complexity index is 476. The van der Waals surface area contributed by atoms with Gasteiger partial charge in [0.15, 0.2) is 0 Å². The predicted molar refractivity (Wildman–Crippen MR) is 73.6 cm³/mol. The van der Waals surface area contributed by atoms with Gasteiger partial charge in [-0.3, -0.25) is 4.98 Å². The second kappa shape index (κ2) is 6.53. The highest BCUT2D eigenvalue weighted by Crippen LogP contribution is 2.08. The van der Waals surface area contributed by atoms with E-state index in [0.717, 1.165) is 13.0 Å². The molecule has 1 rings (SSSR count). The maximum atomic E-state index is 11.2. The van der Waals surface area contributed by atoms with E-state index in [0.29, 0.717) is 11.6 Å². The van der Waals surface area contributed by atoms with E-state index in [1.165, 1.54) is 6.26 Å². The summed E-state index contributed by atoms with van der Waals surface area (Å²) in [6, 6.07) is -0.198. The third-order valence-corrected chi connectivity index (χ3v) is 3.24. The summed E-state index contributed by atoms with van der Waals surface area (Å²) in [5.74, 6) is 1.34. The standard InChI is InChI=1S/C11H20N4O2S/c1-4-5-13-10-6-12-7-11(15-10)14-9(2)8-18(3,16)17/h6-7,9H,4-5,8H2,1-3H3,(H2,13,14,15). The lowest BCUT2D eigenvalue weighted by molar-refractivity contribution is 0.598. The molecule has 18 heavy (non-hydrogen) atoms. The first-order chi connectivity index (χ1) is 8.40. The largest absolute Gasteiger partial charge is 0.369 e. The fourth-order valence-electron chi connectivity index (χ4n) is 1.52. The van der Waals surface area contributed by atoms with Crippen molar-refractivity contribution >= 4 is 21.5 Å². The number of anilines is 2. The lowest BCUT2D eigenvalue weighted by Gasteiger charge is -2.13. The maximum Gasteiger partial charge on any atom is 0.149 e. The number of sulfone groups is 1. The van der Waals surface area contributed by atoms with Crippen molar-refractivity contribution in [2.45, 2.75) is 26.3 Å². The highest BCUT2D eigenvalue weighted by atomic mass is 32.2. The molecule has 0 bridgehead atoms. The minimum atomic E-state index is -2.99. The second-order valence-corrected chi connectivity index (χ2v) is 6.54. The van der Waals surface area contributed by atoms with Crippen molar-refractivity contribution in [2.24, 2.45) is 0 Å². The minimum absolute atomic E-state index is 0.0707. The molecule has 1 aromatic heterocycles. The first kappa shape index (κ1) is 14.7. The lowest BCUT2D eigenvalue weighted by Crippen LogP contribution is -2.25. The van der Waals surface area contributed by atoms with Crippen molar-refractivity contribution in [3.05, 3.63) is 12.4 Å². The highest BCUT2D eigenvalue weighted by molar-refractivity contribution is 7.90. The zero-order chi connectivity index (χ0) is 13.6. The van der Waals surface area contributed by atoms with Gasteiger partial charge in [-0.05, 0) is 13.3 Å². The highest BCUT2D eigenvalue weighted by Gasteiger charge is 2.11. The van der Waals surface area contributed by atoms with Crippen molar-refractivity contribution in [2.75, 3.05) is 29.2 Å². The molecule has 0 saturated carbocycles. The van der Waals surface area contributed by atoms with Gasteiger partial charge in [0.05, 0.1) is 18.1 Å². The van der Waals surface area contributed by atoms with Gasteiger partial charge in [0.2, 0.25) is 0 Å². The van der Waals surface area contributed by atoms with Gasteiger partial charge in [0.25, 0.3) is 0 Å². The van der Waals surface area contributed by atoms with Gasteiger partial charge >= 0.3 is 0 Å². The molecule has 1 aromatic rings. The molecule has 0 aliphatic rings. The zero-order valence-corrected chi connectivity index (χ0v) is 11.8. The molecule has 0 aromatic carbocycles. The summed E-state index contributed by atoms with van der Waals surface area (Å²) in [5.41, 5.74) is 0. The van der Waals surface area contributed by atoms with Crippen LogP contribution in [0.1, 0.15) is 20.3 Å². The van der Waals surface area contributed by atoms with Gasteiger partial charge in [0, 0.05) is 18.8 Å². The van der Waals surface area contributed by atoms with Gasteiger partial charge in [-0.2, -0.15) is 0 Å². The van der Waals surface area contributed by atoms with Crippen LogP contribution in [0.4, 0.5) is 11.6 Å². The Hall–Kier alpha value is -1.37. The van der Waals surface area contributed by atoms with Crippen LogP contribution in [0, 0.1) is 0 Å². The number of hydrogen-bond donors (Lipinski definition) is 2. The van der Waals surface area contributed by atoms with E-state index < -0.39 is 9.84 Å². The first-order valence-electron chi connectivity index (χ1n) is 5.91. The van der Waals surface area contributed by atoms with Crippen molar-refractivity contribution in [3.8, 4) is 0 Å². The second-order valence-electron chi connectivity index (χ2n) is 4.35. The smallest absolute Gasteiger partial charge is 0.149 e. The van der Waals surface area contributed by atoms with E-state index in [-0.39, 0.29) is 11.8 Å². The fourth-order valence-corrected chi connectivity index (χ4v) is 2.51. The summed E-state index contributed by atoms with van der Waals surface area (Å²) in [6.07, 6.45) is 5.44. The quantitative estimate of drug-likeness (QED) is 0.774. The van der Waals surface area contributed by atoms with Crippen LogP contribution in [0.3, 0.4) is 0 Å². The fraction of sp³-hybridized carbons (Fsp3) is 0.636. The van der Waals surface area contributed by atoms with Crippen LogP contribution in [0.2, 0.25) is 0 Å². The summed E-state index contributed by atoms with van der Waals surface area (Å²) >= 11 is 0. The van der Waals surface area contributed by atoms with E-state index in [1.807, 2.05) is 0 Å². The van der Waals surface area contributed by atoms with E-state index in [4.69, 9.17) is 0 Å². The third-order valence-electron chi connectivity index (χ3n) is 2.14. The third kappa shape index (κ3) is 5.81. The first-order valence-corrected chi connectivity index (χ1v) is 7.97. The molecule has 7 heteroatoms. The topological polar surface area (TPSA) is 84.0 Å². The Morgan fingerprint density at radius 2 is 2.00 bits per heavy atom. The lowest BCUT2D eigenvalue weighted by atomic mass is 10.4. The van der Waals surface area contributed by atoms with Gasteiger partial charge in [-0.15, -0.1) is 0 Å². The number of nitrogens with one attached hydrogen (secondary N) is 2. The van der Waals surface area contributed by atoms with Crippen LogP contribution < -0.4 is 10.6 Å².